The van der Waals surface area contributed by atoms with Crippen molar-refractivity contribution < 1.29 is 0 Å². The van der Waals surface area contributed by atoms with Gasteiger partial charge in [0.25, 0.3) is 0 Å². The Kier molecular flexibility index (Phi) is 3.36. The first kappa shape index (κ1) is 11.0. The molecule has 1 heterocycles. The Hall–Kier alpha value is -0.0800. The van der Waals surface area contributed by atoms with E-state index in [1.165, 1.54) is 26.1 Å². The predicted molar refractivity (Wildman–Crippen MR) is 58.0 cm³/mol. The number of hydrogen-bond acceptors (Lipinski definition) is 2. The molecule has 0 N–H and O–H groups in total. The highest BCUT2D eigenvalue weighted by atomic mass is 15.3. The fourth-order valence-electron chi connectivity index (χ4n) is 1.64. The van der Waals surface area contributed by atoms with Gasteiger partial charge in [0.05, 0.1) is 0 Å². The first-order valence-corrected chi connectivity index (χ1v) is 5.27. The van der Waals surface area contributed by atoms with Crippen LogP contribution >= 0.6 is 0 Å². The van der Waals surface area contributed by atoms with Crippen molar-refractivity contribution in [3.05, 3.63) is 0 Å². The van der Waals surface area contributed by atoms with Gasteiger partial charge in [-0.2, -0.15) is 0 Å². The monoisotopic (exact) mass is 184 g/mol. The maximum Gasteiger partial charge on any atom is 0.0347 e. The zero-order chi connectivity index (χ0) is 10.1. The van der Waals surface area contributed by atoms with Crippen molar-refractivity contribution in [2.45, 2.75) is 33.2 Å². The van der Waals surface area contributed by atoms with Crippen molar-refractivity contribution in [1.29, 1.82) is 0 Å². The maximum atomic E-state index is 2.51. The number of likely N-dealkylation sites (tertiary alicyclic amines) is 1. The average Bonchev–Trinajstić information content (AvgIpc) is 1.93. The van der Waals surface area contributed by atoms with Crippen LogP contribution in [-0.2, 0) is 0 Å². The van der Waals surface area contributed by atoms with Crippen LogP contribution in [0.4, 0.5) is 0 Å². The second-order valence-corrected chi connectivity index (χ2v) is 5.67. The third-order valence-corrected chi connectivity index (χ3v) is 2.88. The Morgan fingerprint density at radius 3 is 2.23 bits per heavy atom. The minimum absolute atomic E-state index is 0.476. The van der Waals surface area contributed by atoms with Gasteiger partial charge in [-0.1, -0.05) is 20.8 Å². The lowest BCUT2D eigenvalue weighted by molar-refractivity contribution is 0.0637. The van der Waals surface area contributed by atoms with Crippen LogP contribution in [0.25, 0.3) is 0 Å². The molecule has 0 aromatic carbocycles. The summed E-state index contributed by atoms with van der Waals surface area (Å²) >= 11 is 0. The smallest absolute Gasteiger partial charge is 0.0347 e. The summed E-state index contributed by atoms with van der Waals surface area (Å²) in [4.78, 5) is 4.88. The van der Waals surface area contributed by atoms with Gasteiger partial charge in [-0.05, 0) is 32.5 Å². The van der Waals surface area contributed by atoms with Crippen LogP contribution in [0, 0.1) is 5.41 Å². The molecule has 0 atom stereocenters. The lowest BCUT2D eigenvalue weighted by atomic mass is 9.92. The second-order valence-electron chi connectivity index (χ2n) is 5.67. The minimum Gasteiger partial charge on any atom is -0.303 e. The molecule has 0 aliphatic carbocycles. The molecule has 0 unspecified atom stereocenters. The summed E-state index contributed by atoms with van der Waals surface area (Å²) in [5.74, 6) is 0. The van der Waals surface area contributed by atoms with Gasteiger partial charge in [0.15, 0.2) is 0 Å². The fraction of sp³-hybridized carbons (Fsp3) is 1.00. The van der Waals surface area contributed by atoms with E-state index in [1.807, 2.05) is 0 Å². The standard InChI is InChI=1S/C11H24N2/c1-11(2,3)6-7-13(5)10-8-12(4)9-10/h10H,6-9H2,1-5H3. The van der Waals surface area contributed by atoms with Crippen LogP contribution in [0.2, 0.25) is 0 Å². The molecule has 0 spiro atoms. The van der Waals surface area contributed by atoms with Crippen molar-refractivity contribution in [3.63, 3.8) is 0 Å². The Morgan fingerprint density at radius 2 is 1.85 bits per heavy atom. The van der Waals surface area contributed by atoms with Crippen molar-refractivity contribution in [3.8, 4) is 0 Å². The largest absolute Gasteiger partial charge is 0.303 e. The number of likely N-dealkylation sites (N-methyl/N-ethyl adjacent to an activating group) is 2. The molecule has 2 heteroatoms. The second kappa shape index (κ2) is 3.97. The summed E-state index contributed by atoms with van der Waals surface area (Å²) in [7, 11) is 4.44. The third-order valence-electron chi connectivity index (χ3n) is 2.88. The van der Waals surface area contributed by atoms with Gasteiger partial charge in [0.1, 0.15) is 0 Å². The average molecular weight is 184 g/mol. The molecule has 1 saturated heterocycles. The summed E-state index contributed by atoms with van der Waals surface area (Å²) in [5, 5.41) is 0. The number of hydrogen-bond donors (Lipinski definition) is 0. The molecule has 0 bridgehead atoms. The molecule has 1 rings (SSSR count). The van der Waals surface area contributed by atoms with Gasteiger partial charge in [-0.3, -0.25) is 0 Å². The van der Waals surface area contributed by atoms with E-state index in [0.29, 0.717) is 5.41 Å². The Balaban J connectivity index is 2.15. The molecule has 2 nitrogen and oxygen atoms in total. The molecule has 13 heavy (non-hydrogen) atoms. The molecule has 0 aromatic rings. The lowest BCUT2D eigenvalue weighted by Crippen LogP contribution is -2.56. The maximum absolute atomic E-state index is 2.51. The number of rotatable bonds is 3. The normalized spacial score (nSPS) is 20.8. The zero-order valence-electron chi connectivity index (χ0n) is 9.80. The summed E-state index contributed by atoms with van der Waals surface area (Å²) in [5.41, 5.74) is 0.476. The Labute approximate surface area is 82.9 Å². The summed E-state index contributed by atoms with van der Waals surface area (Å²) in [6.07, 6.45) is 1.30. The molecule has 1 aliphatic heterocycles. The van der Waals surface area contributed by atoms with Crippen molar-refractivity contribution in [1.82, 2.24) is 9.80 Å². The molecule has 0 radical (unpaired) electrons. The van der Waals surface area contributed by atoms with Crippen LogP contribution in [0.15, 0.2) is 0 Å². The topological polar surface area (TPSA) is 6.48 Å². The molecule has 0 saturated carbocycles. The first-order chi connectivity index (χ1) is 5.88. The van der Waals surface area contributed by atoms with Gasteiger partial charge >= 0.3 is 0 Å². The molecule has 0 aromatic heterocycles. The quantitative estimate of drug-likeness (QED) is 0.658. The highest BCUT2D eigenvalue weighted by Crippen LogP contribution is 2.20. The van der Waals surface area contributed by atoms with E-state index in [0.717, 1.165) is 6.04 Å². The summed E-state index contributed by atoms with van der Waals surface area (Å²) < 4.78 is 0. The van der Waals surface area contributed by atoms with E-state index in [1.54, 1.807) is 0 Å². The highest BCUT2D eigenvalue weighted by molar-refractivity contribution is 4.84. The first-order valence-electron chi connectivity index (χ1n) is 5.27. The number of nitrogens with zero attached hydrogens (tertiary/aromatic N) is 2. The molecule has 1 aliphatic rings. The summed E-state index contributed by atoms with van der Waals surface area (Å²) in [6.45, 7) is 10.7. The Morgan fingerprint density at radius 1 is 1.31 bits per heavy atom. The van der Waals surface area contributed by atoms with Crippen LogP contribution < -0.4 is 0 Å². The SMILES string of the molecule is CN1CC(N(C)CCC(C)(C)C)C1. The van der Waals surface area contributed by atoms with Crippen molar-refractivity contribution >= 4 is 0 Å². The van der Waals surface area contributed by atoms with Crippen LogP contribution in [0.3, 0.4) is 0 Å². The minimum atomic E-state index is 0.476. The van der Waals surface area contributed by atoms with Gasteiger partial charge < -0.3 is 9.80 Å². The lowest BCUT2D eigenvalue weighted by Gasteiger charge is -2.42. The van der Waals surface area contributed by atoms with Crippen molar-refractivity contribution in [2.75, 3.05) is 33.7 Å². The van der Waals surface area contributed by atoms with Gasteiger partial charge in [0, 0.05) is 19.1 Å². The van der Waals surface area contributed by atoms with Gasteiger partial charge in [-0.25, -0.2) is 0 Å². The van der Waals surface area contributed by atoms with Crippen molar-refractivity contribution in [2.24, 2.45) is 5.41 Å². The Bertz CT molecular complexity index is 154. The van der Waals surface area contributed by atoms with Gasteiger partial charge in [0.2, 0.25) is 0 Å². The van der Waals surface area contributed by atoms with Crippen LogP contribution in [-0.4, -0.2) is 49.6 Å². The molecular weight excluding hydrogens is 160 g/mol. The highest BCUT2D eigenvalue weighted by Gasteiger charge is 2.27. The van der Waals surface area contributed by atoms with E-state index < -0.39 is 0 Å². The van der Waals surface area contributed by atoms with E-state index in [-0.39, 0.29) is 0 Å². The van der Waals surface area contributed by atoms with Crippen LogP contribution in [0.5, 0.6) is 0 Å². The molecular formula is C11H24N2. The summed E-state index contributed by atoms with van der Waals surface area (Å²) in [6, 6.07) is 0.812. The fourth-order valence-corrected chi connectivity index (χ4v) is 1.64. The van der Waals surface area contributed by atoms with E-state index >= 15 is 0 Å². The molecule has 1 fully saturated rings. The van der Waals surface area contributed by atoms with E-state index in [9.17, 15) is 0 Å². The zero-order valence-corrected chi connectivity index (χ0v) is 9.80. The van der Waals surface area contributed by atoms with Gasteiger partial charge in [-0.15, -0.1) is 0 Å². The predicted octanol–water partition coefficient (Wildman–Crippen LogP) is 1.67. The molecule has 78 valence electrons. The molecule has 0 amide bonds. The van der Waals surface area contributed by atoms with E-state index in [2.05, 4.69) is 44.7 Å². The van der Waals surface area contributed by atoms with E-state index in [4.69, 9.17) is 0 Å². The van der Waals surface area contributed by atoms with Crippen LogP contribution in [0.1, 0.15) is 27.2 Å². The third kappa shape index (κ3) is 3.65.